The molecule has 0 aliphatic heterocycles. The monoisotopic (exact) mass is 265 g/mol. The molecule has 0 aliphatic carbocycles. The van der Waals surface area contributed by atoms with Crippen LogP contribution >= 0.6 is 0 Å². The number of pyridine rings is 1. The number of aromatic nitrogens is 2. The Labute approximate surface area is 117 Å². The van der Waals surface area contributed by atoms with Gasteiger partial charge in [0.1, 0.15) is 5.65 Å². The molecule has 0 saturated heterocycles. The lowest BCUT2D eigenvalue weighted by Gasteiger charge is -2.14. The Bertz CT molecular complexity index is 734. The highest BCUT2D eigenvalue weighted by Gasteiger charge is 2.11. The van der Waals surface area contributed by atoms with Crippen LogP contribution in [0.5, 0.6) is 0 Å². The first-order valence-electron chi connectivity index (χ1n) is 6.52. The standard InChI is InChI=1S/C16H15N3O/c1-12(13-5-3-2-4-6-13)18-16(20)14-7-8-15-17-9-10-19(15)11-14/h2-12H,1H3,(H,18,20). The summed E-state index contributed by atoms with van der Waals surface area (Å²) in [5, 5.41) is 3.00. The van der Waals surface area contributed by atoms with Gasteiger partial charge >= 0.3 is 0 Å². The maximum atomic E-state index is 12.2. The molecule has 20 heavy (non-hydrogen) atoms. The predicted octanol–water partition coefficient (Wildman–Crippen LogP) is 2.83. The van der Waals surface area contributed by atoms with Crippen LogP contribution in [0.3, 0.4) is 0 Å². The van der Waals surface area contributed by atoms with Crippen LogP contribution < -0.4 is 5.32 Å². The molecule has 100 valence electrons. The van der Waals surface area contributed by atoms with Gasteiger partial charge in [0.25, 0.3) is 5.91 Å². The molecule has 0 fully saturated rings. The van der Waals surface area contributed by atoms with Crippen molar-refractivity contribution in [3.05, 3.63) is 72.2 Å². The van der Waals surface area contributed by atoms with Gasteiger partial charge in [-0.15, -0.1) is 0 Å². The number of carbonyl (C=O) groups is 1. The smallest absolute Gasteiger partial charge is 0.253 e. The minimum absolute atomic E-state index is 0.0258. The van der Waals surface area contributed by atoms with Gasteiger partial charge in [-0.3, -0.25) is 4.79 Å². The number of fused-ring (bicyclic) bond motifs is 1. The SMILES string of the molecule is CC(NC(=O)c1ccc2nccn2c1)c1ccccc1. The summed E-state index contributed by atoms with van der Waals surface area (Å²) in [7, 11) is 0. The molecule has 1 unspecified atom stereocenters. The van der Waals surface area contributed by atoms with Crippen molar-refractivity contribution in [1.82, 2.24) is 14.7 Å². The van der Waals surface area contributed by atoms with Crippen LogP contribution in [0.25, 0.3) is 5.65 Å². The van der Waals surface area contributed by atoms with E-state index in [1.54, 1.807) is 18.5 Å². The highest BCUT2D eigenvalue weighted by Crippen LogP contribution is 2.12. The van der Waals surface area contributed by atoms with E-state index in [4.69, 9.17) is 0 Å². The molecule has 0 spiro atoms. The third-order valence-corrected chi connectivity index (χ3v) is 3.30. The van der Waals surface area contributed by atoms with Gasteiger partial charge in [0.05, 0.1) is 11.6 Å². The third kappa shape index (κ3) is 2.40. The Kier molecular flexibility index (Phi) is 3.21. The van der Waals surface area contributed by atoms with Gasteiger partial charge in [-0.2, -0.15) is 0 Å². The summed E-state index contributed by atoms with van der Waals surface area (Å²) < 4.78 is 1.84. The number of imidazole rings is 1. The Balaban J connectivity index is 1.78. The maximum Gasteiger partial charge on any atom is 0.253 e. The Hall–Kier alpha value is -2.62. The summed E-state index contributed by atoms with van der Waals surface area (Å²) in [6.45, 7) is 1.98. The number of benzene rings is 1. The molecule has 3 aromatic rings. The second-order valence-electron chi connectivity index (χ2n) is 4.72. The van der Waals surface area contributed by atoms with Crippen LogP contribution in [0, 0.1) is 0 Å². The number of hydrogen-bond acceptors (Lipinski definition) is 2. The summed E-state index contributed by atoms with van der Waals surface area (Å²) in [5.74, 6) is -0.0862. The number of nitrogens with one attached hydrogen (secondary N) is 1. The third-order valence-electron chi connectivity index (χ3n) is 3.30. The minimum atomic E-state index is -0.0862. The lowest BCUT2D eigenvalue weighted by atomic mass is 10.1. The Morgan fingerprint density at radius 1 is 1.20 bits per heavy atom. The topological polar surface area (TPSA) is 46.4 Å². The van der Waals surface area contributed by atoms with Crippen molar-refractivity contribution >= 4 is 11.6 Å². The molecule has 3 rings (SSSR count). The van der Waals surface area contributed by atoms with Crippen molar-refractivity contribution in [3.63, 3.8) is 0 Å². The first kappa shape index (κ1) is 12.4. The van der Waals surface area contributed by atoms with Crippen molar-refractivity contribution in [2.45, 2.75) is 13.0 Å². The lowest BCUT2D eigenvalue weighted by Crippen LogP contribution is -2.26. The van der Waals surface area contributed by atoms with E-state index in [2.05, 4.69) is 10.3 Å². The molecule has 0 radical (unpaired) electrons. The summed E-state index contributed by atoms with van der Waals surface area (Å²) in [4.78, 5) is 16.4. The van der Waals surface area contributed by atoms with Gasteiger partial charge in [0.2, 0.25) is 0 Å². The largest absolute Gasteiger partial charge is 0.345 e. The van der Waals surface area contributed by atoms with E-state index in [1.165, 1.54) is 0 Å². The molecule has 1 N–H and O–H groups in total. The van der Waals surface area contributed by atoms with Crippen LogP contribution in [0.2, 0.25) is 0 Å². The zero-order valence-electron chi connectivity index (χ0n) is 11.2. The maximum absolute atomic E-state index is 12.2. The van der Waals surface area contributed by atoms with Gasteiger partial charge in [-0.25, -0.2) is 4.98 Å². The molecule has 2 aromatic heterocycles. The zero-order chi connectivity index (χ0) is 13.9. The summed E-state index contributed by atoms with van der Waals surface area (Å²) >= 11 is 0. The molecular formula is C16H15N3O. The van der Waals surface area contributed by atoms with Crippen molar-refractivity contribution in [2.75, 3.05) is 0 Å². The molecule has 4 heteroatoms. The quantitative estimate of drug-likeness (QED) is 0.791. The highest BCUT2D eigenvalue weighted by atomic mass is 16.1. The van der Waals surface area contributed by atoms with Crippen molar-refractivity contribution in [1.29, 1.82) is 0 Å². The van der Waals surface area contributed by atoms with E-state index in [1.807, 2.05) is 53.9 Å². The molecule has 0 bridgehead atoms. The van der Waals surface area contributed by atoms with E-state index < -0.39 is 0 Å². The van der Waals surface area contributed by atoms with Gasteiger partial charge in [-0.05, 0) is 24.6 Å². The summed E-state index contributed by atoms with van der Waals surface area (Å²) in [6, 6.07) is 13.5. The van der Waals surface area contributed by atoms with Crippen molar-refractivity contribution < 1.29 is 4.79 Å². The van der Waals surface area contributed by atoms with Crippen LogP contribution in [-0.2, 0) is 0 Å². The summed E-state index contributed by atoms with van der Waals surface area (Å²) in [6.07, 6.45) is 5.33. The number of rotatable bonds is 3. The van der Waals surface area contributed by atoms with E-state index >= 15 is 0 Å². The first-order chi connectivity index (χ1) is 9.74. The van der Waals surface area contributed by atoms with E-state index in [9.17, 15) is 4.79 Å². The average molecular weight is 265 g/mol. The fourth-order valence-corrected chi connectivity index (χ4v) is 2.16. The molecule has 1 aromatic carbocycles. The highest BCUT2D eigenvalue weighted by molar-refractivity contribution is 5.94. The zero-order valence-corrected chi connectivity index (χ0v) is 11.2. The lowest BCUT2D eigenvalue weighted by molar-refractivity contribution is 0.0939. The normalized spacial score (nSPS) is 12.2. The van der Waals surface area contributed by atoms with E-state index in [0.717, 1.165) is 11.2 Å². The number of nitrogens with zero attached hydrogens (tertiary/aromatic N) is 2. The molecule has 2 heterocycles. The minimum Gasteiger partial charge on any atom is -0.345 e. The predicted molar refractivity (Wildman–Crippen MR) is 77.5 cm³/mol. The molecule has 0 aliphatic rings. The average Bonchev–Trinajstić information content (AvgIpc) is 2.95. The van der Waals surface area contributed by atoms with Crippen LogP contribution in [0.1, 0.15) is 28.9 Å². The number of carbonyl (C=O) groups excluding carboxylic acids is 1. The van der Waals surface area contributed by atoms with Gasteiger partial charge in [0.15, 0.2) is 0 Å². The Morgan fingerprint density at radius 2 is 2.00 bits per heavy atom. The number of hydrogen-bond donors (Lipinski definition) is 1. The van der Waals surface area contributed by atoms with Crippen LogP contribution in [-0.4, -0.2) is 15.3 Å². The van der Waals surface area contributed by atoms with E-state index in [-0.39, 0.29) is 11.9 Å². The van der Waals surface area contributed by atoms with Crippen LogP contribution in [0.15, 0.2) is 61.1 Å². The summed E-state index contributed by atoms with van der Waals surface area (Å²) in [5.41, 5.74) is 2.54. The van der Waals surface area contributed by atoms with Gasteiger partial charge in [0, 0.05) is 18.6 Å². The van der Waals surface area contributed by atoms with Crippen molar-refractivity contribution in [3.8, 4) is 0 Å². The molecule has 1 amide bonds. The van der Waals surface area contributed by atoms with Crippen molar-refractivity contribution in [2.24, 2.45) is 0 Å². The number of amides is 1. The van der Waals surface area contributed by atoms with Gasteiger partial charge < -0.3 is 9.72 Å². The van der Waals surface area contributed by atoms with E-state index in [0.29, 0.717) is 5.56 Å². The molecule has 4 nitrogen and oxygen atoms in total. The second kappa shape index (κ2) is 5.17. The second-order valence-corrected chi connectivity index (χ2v) is 4.72. The first-order valence-corrected chi connectivity index (χ1v) is 6.52. The fourth-order valence-electron chi connectivity index (χ4n) is 2.16. The molecule has 1 atom stereocenters. The fraction of sp³-hybridized carbons (Fsp3) is 0.125. The van der Waals surface area contributed by atoms with Crippen LogP contribution in [0.4, 0.5) is 0 Å². The molecule has 0 saturated carbocycles. The Morgan fingerprint density at radius 3 is 2.80 bits per heavy atom. The van der Waals surface area contributed by atoms with Gasteiger partial charge in [-0.1, -0.05) is 30.3 Å². The molecular weight excluding hydrogens is 250 g/mol.